The van der Waals surface area contributed by atoms with E-state index in [1.807, 2.05) is 20.8 Å². The molecule has 1 aromatic rings. The van der Waals surface area contributed by atoms with Crippen LogP contribution in [0.15, 0.2) is 23.1 Å². The van der Waals surface area contributed by atoms with Crippen LogP contribution in [-0.2, 0) is 19.1 Å². The molecule has 1 saturated heterocycles. The van der Waals surface area contributed by atoms with Crippen LogP contribution in [-0.4, -0.2) is 51.9 Å². The average molecular weight is 432 g/mol. The van der Waals surface area contributed by atoms with Crippen LogP contribution in [0.1, 0.15) is 67.2 Å². The quantitative estimate of drug-likeness (QED) is 0.318. The molecule has 0 radical (unpaired) electrons. The topological polar surface area (TPSA) is 110 Å². The molecule has 2 aliphatic rings. The van der Waals surface area contributed by atoms with Gasteiger partial charge in [-0.15, -0.1) is 11.8 Å². The van der Waals surface area contributed by atoms with E-state index in [1.54, 1.807) is 18.2 Å². The zero-order valence-electron chi connectivity index (χ0n) is 17.1. The Balaban J connectivity index is 1.67. The highest BCUT2D eigenvalue weighted by atomic mass is 32.2. The largest absolute Gasteiger partial charge is 0.460 e. The van der Waals surface area contributed by atoms with E-state index >= 15 is 0 Å². The highest BCUT2D eigenvalue weighted by molar-refractivity contribution is 7.99. The lowest BCUT2D eigenvalue weighted by Crippen LogP contribution is -2.54. The smallest absolute Gasteiger partial charge is 0.306 e. The number of carbonyl (C=O) groups excluding carboxylic acids is 5. The van der Waals surface area contributed by atoms with Crippen LogP contribution < -0.4 is 5.32 Å². The van der Waals surface area contributed by atoms with E-state index in [4.69, 9.17) is 4.74 Å². The molecule has 1 unspecified atom stereocenters. The van der Waals surface area contributed by atoms with Crippen molar-refractivity contribution in [2.24, 2.45) is 0 Å². The molecule has 160 valence electrons. The lowest BCUT2D eigenvalue weighted by Gasteiger charge is -2.27. The van der Waals surface area contributed by atoms with E-state index in [-0.39, 0.29) is 36.4 Å². The number of imide groups is 2. The first-order valence-electron chi connectivity index (χ1n) is 9.78. The number of benzene rings is 1. The monoisotopic (exact) mass is 432 g/mol. The molecule has 0 bridgehead atoms. The molecular formula is C21H24N2O6S. The van der Waals surface area contributed by atoms with E-state index in [1.165, 1.54) is 11.8 Å². The Morgan fingerprint density at radius 2 is 1.93 bits per heavy atom. The van der Waals surface area contributed by atoms with Gasteiger partial charge < -0.3 is 4.74 Å². The minimum atomic E-state index is -0.986. The van der Waals surface area contributed by atoms with Crippen molar-refractivity contribution in [2.45, 2.75) is 63.0 Å². The number of nitrogens with one attached hydrogen (secondary N) is 1. The van der Waals surface area contributed by atoms with Gasteiger partial charge in [-0.1, -0.05) is 6.07 Å². The lowest BCUT2D eigenvalue weighted by atomic mass is 10.0. The van der Waals surface area contributed by atoms with Gasteiger partial charge in [-0.3, -0.25) is 34.2 Å². The van der Waals surface area contributed by atoms with Crippen LogP contribution in [0, 0.1) is 0 Å². The van der Waals surface area contributed by atoms with Crippen molar-refractivity contribution in [3.05, 3.63) is 29.3 Å². The van der Waals surface area contributed by atoms with Gasteiger partial charge in [-0.2, -0.15) is 0 Å². The van der Waals surface area contributed by atoms with E-state index in [0.717, 1.165) is 4.90 Å². The standard InChI is InChI=1S/C21H24N2O6S/c1-21(2,3)29-16(25)8-5-11-30-14-7-4-6-12-17(14)20(28)23(19(12)27)13-9-10-15(24)22-18(13)26/h4,6-7,13H,5,8-11H2,1-3H3,(H,22,24,26). The summed E-state index contributed by atoms with van der Waals surface area (Å²) in [6.07, 6.45) is 1.02. The number of carbonyl (C=O) groups is 5. The second-order valence-corrected chi connectivity index (χ2v) is 9.30. The van der Waals surface area contributed by atoms with Crippen LogP contribution in [0.3, 0.4) is 0 Å². The molecule has 8 nitrogen and oxygen atoms in total. The number of ether oxygens (including phenoxy) is 1. The van der Waals surface area contributed by atoms with Gasteiger partial charge in [0, 0.05) is 17.7 Å². The number of nitrogens with zero attached hydrogens (tertiary/aromatic N) is 1. The molecule has 0 saturated carbocycles. The Bertz CT molecular complexity index is 921. The Morgan fingerprint density at radius 1 is 1.20 bits per heavy atom. The third kappa shape index (κ3) is 4.72. The van der Waals surface area contributed by atoms with Crippen molar-refractivity contribution in [3.8, 4) is 0 Å². The molecule has 3 rings (SSSR count). The zero-order chi connectivity index (χ0) is 22.1. The summed E-state index contributed by atoms with van der Waals surface area (Å²) in [5.74, 6) is -1.81. The van der Waals surface area contributed by atoms with E-state index in [2.05, 4.69) is 5.32 Å². The molecule has 1 atom stereocenters. The molecule has 2 heterocycles. The number of hydrogen-bond acceptors (Lipinski definition) is 7. The summed E-state index contributed by atoms with van der Waals surface area (Å²) in [5, 5.41) is 2.18. The maximum Gasteiger partial charge on any atom is 0.306 e. The first-order chi connectivity index (χ1) is 14.1. The van der Waals surface area contributed by atoms with Crippen molar-refractivity contribution in [1.29, 1.82) is 0 Å². The Morgan fingerprint density at radius 3 is 2.60 bits per heavy atom. The van der Waals surface area contributed by atoms with Gasteiger partial charge in [0.15, 0.2) is 0 Å². The normalized spacial score (nSPS) is 19.0. The molecule has 2 aliphatic heterocycles. The minimum Gasteiger partial charge on any atom is -0.460 e. The fraction of sp³-hybridized carbons (Fsp3) is 0.476. The Kier molecular flexibility index (Phi) is 6.30. The molecule has 1 fully saturated rings. The first-order valence-corrected chi connectivity index (χ1v) is 10.8. The summed E-state index contributed by atoms with van der Waals surface area (Å²) in [4.78, 5) is 62.8. The third-order valence-electron chi connectivity index (χ3n) is 4.63. The van der Waals surface area contributed by atoms with Gasteiger partial charge in [0.2, 0.25) is 11.8 Å². The fourth-order valence-corrected chi connectivity index (χ4v) is 4.42. The third-order valence-corrected chi connectivity index (χ3v) is 5.78. The Labute approximate surface area is 178 Å². The number of rotatable bonds is 6. The van der Waals surface area contributed by atoms with Crippen molar-refractivity contribution >= 4 is 41.4 Å². The predicted octanol–water partition coefficient (Wildman–Crippen LogP) is 2.30. The van der Waals surface area contributed by atoms with Gasteiger partial charge in [-0.25, -0.2) is 0 Å². The van der Waals surface area contributed by atoms with Crippen molar-refractivity contribution < 1.29 is 28.7 Å². The van der Waals surface area contributed by atoms with E-state index < -0.39 is 35.3 Å². The highest BCUT2D eigenvalue weighted by Gasteiger charge is 2.45. The minimum absolute atomic E-state index is 0.0794. The van der Waals surface area contributed by atoms with Crippen molar-refractivity contribution in [2.75, 3.05) is 5.75 Å². The predicted molar refractivity (Wildman–Crippen MR) is 109 cm³/mol. The van der Waals surface area contributed by atoms with E-state index in [9.17, 15) is 24.0 Å². The molecule has 1 aromatic carbocycles. The highest BCUT2D eigenvalue weighted by Crippen LogP contribution is 2.34. The Hall–Kier alpha value is -2.68. The number of piperidine rings is 1. The number of esters is 1. The van der Waals surface area contributed by atoms with Gasteiger partial charge in [0.1, 0.15) is 11.6 Å². The molecule has 0 aromatic heterocycles. The molecule has 30 heavy (non-hydrogen) atoms. The molecular weight excluding hydrogens is 408 g/mol. The van der Waals surface area contributed by atoms with Gasteiger partial charge in [0.25, 0.3) is 11.8 Å². The lowest BCUT2D eigenvalue weighted by molar-refractivity contribution is -0.154. The van der Waals surface area contributed by atoms with Crippen molar-refractivity contribution in [3.63, 3.8) is 0 Å². The maximum atomic E-state index is 13.0. The second-order valence-electron chi connectivity index (χ2n) is 8.16. The van der Waals surface area contributed by atoms with Crippen LogP contribution in [0.4, 0.5) is 0 Å². The number of thioether (sulfide) groups is 1. The summed E-state index contributed by atoms with van der Waals surface area (Å²) in [7, 11) is 0. The van der Waals surface area contributed by atoms with Gasteiger partial charge in [-0.05, 0) is 51.5 Å². The number of amides is 4. The van der Waals surface area contributed by atoms with Crippen molar-refractivity contribution in [1.82, 2.24) is 10.2 Å². The van der Waals surface area contributed by atoms with Crippen LogP contribution in [0.25, 0.3) is 0 Å². The van der Waals surface area contributed by atoms with Gasteiger partial charge in [0.05, 0.1) is 11.1 Å². The van der Waals surface area contributed by atoms with Crippen LogP contribution in [0.5, 0.6) is 0 Å². The average Bonchev–Trinajstić information content (AvgIpc) is 2.89. The number of fused-ring (bicyclic) bond motifs is 1. The molecule has 0 spiro atoms. The number of hydrogen-bond donors (Lipinski definition) is 1. The summed E-state index contributed by atoms with van der Waals surface area (Å²) in [6, 6.07) is 4.01. The summed E-state index contributed by atoms with van der Waals surface area (Å²) < 4.78 is 5.28. The maximum absolute atomic E-state index is 13.0. The molecule has 4 amide bonds. The van der Waals surface area contributed by atoms with Crippen LogP contribution in [0.2, 0.25) is 0 Å². The molecule has 9 heteroatoms. The van der Waals surface area contributed by atoms with Gasteiger partial charge >= 0.3 is 5.97 Å². The summed E-state index contributed by atoms with van der Waals surface area (Å²) in [5.41, 5.74) is -0.00665. The molecule has 0 aliphatic carbocycles. The fourth-order valence-electron chi connectivity index (χ4n) is 3.40. The van der Waals surface area contributed by atoms with E-state index in [0.29, 0.717) is 17.1 Å². The first kappa shape index (κ1) is 22.0. The summed E-state index contributed by atoms with van der Waals surface area (Å²) in [6.45, 7) is 5.43. The zero-order valence-corrected chi connectivity index (χ0v) is 18.0. The second kappa shape index (κ2) is 8.59. The SMILES string of the molecule is CC(C)(C)OC(=O)CCCSc1cccc2c1C(=O)N(C1CCC(=O)NC1=O)C2=O. The summed E-state index contributed by atoms with van der Waals surface area (Å²) >= 11 is 1.38. The van der Waals surface area contributed by atoms with Crippen LogP contribution >= 0.6 is 11.8 Å². The molecule has 1 N–H and O–H groups in total.